The molecule has 1 aliphatic rings. The molecule has 3 rings (SSSR count). The molecule has 0 saturated heterocycles. The number of guanidine groups is 1. The van der Waals surface area contributed by atoms with E-state index in [4.69, 9.17) is 11.6 Å². The zero-order chi connectivity index (χ0) is 20.1. The van der Waals surface area contributed by atoms with Gasteiger partial charge in [0.15, 0.2) is 5.96 Å². The maximum atomic E-state index is 13.0. The second kappa shape index (κ2) is 10.5. The van der Waals surface area contributed by atoms with E-state index in [1.807, 2.05) is 18.3 Å². The summed E-state index contributed by atoms with van der Waals surface area (Å²) >= 11 is 5.90. The molecule has 1 fully saturated rings. The average molecular weight is 542 g/mol. The van der Waals surface area contributed by atoms with E-state index in [0.717, 1.165) is 11.3 Å². The van der Waals surface area contributed by atoms with Crippen molar-refractivity contribution < 1.29 is 13.2 Å². The molecule has 2 N–H and O–H groups in total. The van der Waals surface area contributed by atoms with Crippen LogP contribution in [0.25, 0.3) is 5.69 Å². The Morgan fingerprint density at radius 2 is 2.00 bits per heavy atom. The molecule has 0 aliphatic heterocycles. The highest BCUT2D eigenvalue weighted by Gasteiger charge is 2.42. The van der Waals surface area contributed by atoms with E-state index in [-0.39, 0.29) is 42.9 Å². The number of aliphatic imine (C=N–C) groups is 1. The number of benzene rings is 1. The number of halogens is 5. The third-order valence-electron chi connectivity index (χ3n) is 4.89. The fourth-order valence-electron chi connectivity index (χ4n) is 3.38. The van der Waals surface area contributed by atoms with E-state index in [9.17, 15) is 13.2 Å². The van der Waals surface area contributed by atoms with E-state index >= 15 is 0 Å². The lowest BCUT2D eigenvalue weighted by atomic mass is 9.85. The van der Waals surface area contributed by atoms with Crippen LogP contribution in [0.2, 0.25) is 5.02 Å². The van der Waals surface area contributed by atoms with Crippen molar-refractivity contribution in [2.75, 3.05) is 7.05 Å². The Kier molecular flexibility index (Phi) is 8.62. The lowest BCUT2D eigenvalue weighted by molar-refractivity contribution is -0.183. The second-order valence-electron chi connectivity index (χ2n) is 6.94. The van der Waals surface area contributed by atoms with Gasteiger partial charge in [-0.2, -0.15) is 18.3 Å². The molecule has 5 nitrogen and oxygen atoms in total. The normalized spacial score (nSPS) is 20.1. The van der Waals surface area contributed by atoms with Crippen molar-refractivity contribution in [2.45, 2.75) is 44.4 Å². The molecule has 1 heterocycles. The first-order valence-corrected chi connectivity index (χ1v) is 9.56. The lowest BCUT2D eigenvalue weighted by Crippen LogP contribution is -2.46. The van der Waals surface area contributed by atoms with E-state index in [2.05, 4.69) is 20.7 Å². The minimum atomic E-state index is -4.13. The number of alkyl halides is 3. The highest BCUT2D eigenvalue weighted by Crippen LogP contribution is 2.37. The summed E-state index contributed by atoms with van der Waals surface area (Å²) < 4.78 is 40.7. The molecule has 1 aromatic heterocycles. The summed E-state index contributed by atoms with van der Waals surface area (Å²) in [7, 11) is 1.61. The molecule has 1 aliphatic carbocycles. The molecule has 1 saturated carbocycles. The summed E-state index contributed by atoms with van der Waals surface area (Å²) in [5, 5.41) is 11.2. The van der Waals surface area contributed by atoms with E-state index < -0.39 is 12.1 Å². The predicted molar refractivity (Wildman–Crippen MR) is 119 cm³/mol. The molecule has 1 aromatic carbocycles. The van der Waals surface area contributed by atoms with Crippen LogP contribution in [0.15, 0.2) is 41.7 Å². The summed E-state index contributed by atoms with van der Waals surface area (Å²) in [6.07, 6.45) is 1.04. The number of aromatic nitrogens is 2. The number of nitrogens with zero attached hydrogens (tertiary/aromatic N) is 3. The summed E-state index contributed by atoms with van der Waals surface area (Å²) in [5.74, 6) is -0.749. The molecule has 0 radical (unpaired) electrons. The first-order valence-electron chi connectivity index (χ1n) is 9.18. The lowest BCUT2D eigenvalue weighted by Gasteiger charge is -2.31. The zero-order valence-electron chi connectivity index (χ0n) is 15.9. The molecule has 0 spiro atoms. The minimum absolute atomic E-state index is 0. The number of hydrogen-bond donors (Lipinski definition) is 2. The topological polar surface area (TPSA) is 54.2 Å². The fourth-order valence-corrected chi connectivity index (χ4v) is 3.50. The van der Waals surface area contributed by atoms with Crippen molar-refractivity contribution in [3.05, 3.63) is 47.2 Å². The Bertz CT molecular complexity index is 807. The monoisotopic (exact) mass is 541 g/mol. The Balaban J connectivity index is 0.00000300. The average Bonchev–Trinajstić information content (AvgIpc) is 3.14. The number of rotatable bonds is 4. The molecule has 2 atom stereocenters. The van der Waals surface area contributed by atoms with Crippen LogP contribution in [-0.2, 0) is 6.54 Å². The van der Waals surface area contributed by atoms with Crippen molar-refractivity contribution in [3.63, 3.8) is 0 Å². The van der Waals surface area contributed by atoms with Crippen molar-refractivity contribution >= 4 is 41.5 Å². The van der Waals surface area contributed by atoms with E-state index in [1.165, 1.54) is 0 Å². The Morgan fingerprint density at radius 3 is 2.66 bits per heavy atom. The Labute approximate surface area is 190 Å². The largest absolute Gasteiger partial charge is 0.391 e. The van der Waals surface area contributed by atoms with Gasteiger partial charge in [0.25, 0.3) is 0 Å². The SMILES string of the molecule is CN=C(NCc1cnn(-c2ccc(Cl)cc2)c1)NC1CCCC(C(F)(F)F)C1.I. The third kappa shape index (κ3) is 6.77. The molecule has 2 aromatic rings. The molecule has 0 bridgehead atoms. The van der Waals surface area contributed by atoms with Gasteiger partial charge in [-0.3, -0.25) is 4.99 Å². The predicted octanol–water partition coefficient (Wildman–Crippen LogP) is 4.93. The highest BCUT2D eigenvalue weighted by molar-refractivity contribution is 14.0. The molecular weight excluding hydrogens is 518 g/mol. The van der Waals surface area contributed by atoms with Gasteiger partial charge in [-0.15, -0.1) is 24.0 Å². The van der Waals surface area contributed by atoms with Crippen molar-refractivity contribution in [3.8, 4) is 5.69 Å². The van der Waals surface area contributed by atoms with E-state index in [0.29, 0.717) is 30.4 Å². The highest BCUT2D eigenvalue weighted by atomic mass is 127. The Morgan fingerprint density at radius 1 is 1.28 bits per heavy atom. The number of nitrogens with one attached hydrogen (secondary N) is 2. The minimum Gasteiger partial charge on any atom is -0.354 e. The first-order chi connectivity index (χ1) is 13.3. The van der Waals surface area contributed by atoms with Gasteiger partial charge in [-0.1, -0.05) is 18.0 Å². The van der Waals surface area contributed by atoms with Crippen LogP contribution in [-0.4, -0.2) is 35.0 Å². The van der Waals surface area contributed by atoms with Gasteiger partial charge in [0.05, 0.1) is 17.8 Å². The van der Waals surface area contributed by atoms with Crippen LogP contribution in [0.5, 0.6) is 0 Å². The third-order valence-corrected chi connectivity index (χ3v) is 5.14. The van der Waals surface area contributed by atoms with Crippen LogP contribution in [0, 0.1) is 5.92 Å². The summed E-state index contributed by atoms with van der Waals surface area (Å²) in [5.41, 5.74) is 1.81. The first kappa shape index (κ1) is 23.8. The van der Waals surface area contributed by atoms with Gasteiger partial charge in [-0.25, -0.2) is 4.68 Å². The van der Waals surface area contributed by atoms with Gasteiger partial charge < -0.3 is 10.6 Å². The molecular formula is C19H24ClF3IN5. The quantitative estimate of drug-likeness (QED) is 0.328. The second-order valence-corrected chi connectivity index (χ2v) is 7.38. The maximum absolute atomic E-state index is 13.0. The summed E-state index contributed by atoms with van der Waals surface area (Å²) in [4.78, 5) is 4.13. The van der Waals surface area contributed by atoms with Gasteiger partial charge >= 0.3 is 6.18 Å². The summed E-state index contributed by atoms with van der Waals surface area (Å²) in [6, 6.07) is 7.09. The van der Waals surface area contributed by atoms with Crippen LogP contribution < -0.4 is 10.6 Å². The van der Waals surface area contributed by atoms with Gasteiger partial charge in [-0.05, 0) is 43.5 Å². The molecule has 0 amide bonds. The van der Waals surface area contributed by atoms with Crippen LogP contribution in [0.4, 0.5) is 13.2 Å². The van der Waals surface area contributed by atoms with Gasteiger partial charge in [0.1, 0.15) is 0 Å². The van der Waals surface area contributed by atoms with Crippen molar-refractivity contribution in [1.82, 2.24) is 20.4 Å². The van der Waals surface area contributed by atoms with Crippen LogP contribution >= 0.6 is 35.6 Å². The van der Waals surface area contributed by atoms with Crippen LogP contribution in [0.3, 0.4) is 0 Å². The van der Waals surface area contributed by atoms with Crippen LogP contribution in [0.1, 0.15) is 31.2 Å². The van der Waals surface area contributed by atoms with E-state index in [1.54, 1.807) is 30.1 Å². The molecule has 10 heteroatoms. The summed E-state index contributed by atoms with van der Waals surface area (Å²) in [6.45, 7) is 0.461. The smallest absolute Gasteiger partial charge is 0.354 e. The fraction of sp³-hybridized carbons (Fsp3) is 0.474. The van der Waals surface area contributed by atoms with Crippen molar-refractivity contribution in [1.29, 1.82) is 0 Å². The number of hydrogen-bond acceptors (Lipinski definition) is 2. The zero-order valence-corrected chi connectivity index (χ0v) is 19.0. The molecule has 2 unspecified atom stereocenters. The van der Waals surface area contributed by atoms with Crippen molar-refractivity contribution in [2.24, 2.45) is 10.9 Å². The molecule has 160 valence electrons. The molecule has 29 heavy (non-hydrogen) atoms. The standard InChI is InChI=1S/C19H23ClF3N5.HI/c1-24-18(27-16-4-2-3-14(9-16)19(21,22)23)25-10-13-11-26-28(12-13)17-7-5-15(20)6-8-17;/h5-8,11-12,14,16H,2-4,9-10H2,1H3,(H2,24,25,27);1H. The van der Waals surface area contributed by atoms with Gasteiger partial charge in [0, 0.05) is 36.4 Å². The maximum Gasteiger partial charge on any atom is 0.391 e. The Hall–Kier alpha value is -1.49. The van der Waals surface area contributed by atoms with Gasteiger partial charge in [0.2, 0.25) is 0 Å².